The number of aromatic nitrogens is 2. The van der Waals surface area contributed by atoms with Gasteiger partial charge in [0.15, 0.2) is 0 Å². The highest BCUT2D eigenvalue weighted by Crippen LogP contribution is 2.19. The number of carbonyl (C=O) groups excluding carboxylic acids is 1. The summed E-state index contributed by atoms with van der Waals surface area (Å²) in [6, 6.07) is 6.33. The number of nitrogens with one attached hydrogen (secondary N) is 1. The monoisotopic (exact) mass is 248 g/mol. The van der Waals surface area contributed by atoms with Crippen molar-refractivity contribution >= 4 is 29.1 Å². The van der Waals surface area contributed by atoms with E-state index in [4.69, 9.17) is 17.3 Å². The molecule has 17 heavy (non-hydrogen) atoms. The number of hydrogen-bond donors (Lipinski definition) is 2. The van der Waals surface area contributed by atoms with E-state index in [0.29, 0.717) is 16.3 Å². The van der Waals surface area contributed by atoms with E-state index in [1.165, 1.54) is 18.5 Å². The van der Waals surface area contributed by atoms with E-state index >= 15 is 0 Å². The Balaban J connectivity index is 2.21. The van der Waals surface area contributed by atoms with Crippen molar-refractivity contribution in [1.29, 1.82) is 0 Å². The number of amides is 1. The first-order valence-corrected chi connectivity index (χ1v) is 5.18. The number of nitrogen functional groups attached to an aromatic ring is 1. The summed E-state index contributed by atoms with van der Waals surface area (Å²) in [5.41, 5.74) is 6.37. The molecule has 0 atom stereocenters. The number of anilines is 2. The molecule has 0 radical (unpaired) electrons. The van der Waals surface area contributed by atoms with E-state index in [0.717, 1.165) is 0 Å². The molecule has 6 heteroatoms. The summed E-state index contributed by atoms with van der Waals surface area (Å²) in [7, 11) is 0. The molecule has 0 fully saturated rings. The lowest BCUT2D eigenvalue weighted by Gasteiger charge is -2.05. The van der Waals surface area contributed by atoms with E-state index in [9.17, 15) is 4.79 Å². The second-order valence-electron chi connectivity index (χ2n) is 3.27. The Labute approximate surface area is 103 Å². The predicted molar refractivity (Wildman–Crippen MR) is 65.8 cm³/mol. The van der Waals surface area contributed by atoms with E-state index in [1.807, 2.05) is 0 Å². The lowest BCUT2D eigenvalue weighted by atomic mass is 10.2. The average Bonchev–Trinajstić information content (AvgIpc) is 2.30. The molecule has 0 unspecified atom stereocenters. The fraction of sp³-hybridized carbons (Fsp3) is 0. The van der Waals surface area contributed by atoms with Crippen LogP contribution in [0, 0.1) is 0 Å². The number of carbonyl (C=O) groups is 1. The fourth-order valence-corrected chi connectivity index (χ4v) is 1.52. The van der Waals surface area contributed by atoms with Gasteiger partial charge in [0.25, 0.3) is 5.91 Å². The Morgan fingerprint density at radius 1 is 1.29 bits per heavy atom. The molecule has 2 rings (SSSR count). The standard InChI is InChI=1S/C11H9ClN4O/c12-9-6-7(13)2-3-8(9)10(17)16-11-14-4-1-5-15-11/h1-6H,13H2,(H,14,15,16,17). The minimum atomic E-state index is -0.374. The number of benzene rings is 1. The predicted octanol–water partition coefficient (Wildman–Crippen LogP) is 1.96. The number of nitrogens with zero attached hydrogens (tertiary/aromatic N) is 2. The van der Waals surface area contributed by atoms with Crippen molar-refractivity contribution in [1.82, 2.24) is 9.97 Å². The summed E-state index contributed by atoms with van der Waals surface area (Å²) in [4.78, 5) is 19.6. The van der Waals surface area contributed by atoms with Crippen LogP contribution in [-0.4, -0.2) is 15.9 Å². The molecule has 0 aliphatic rings. The van der Waals surface area contributed by atoms with Gasteiger partial charge in [0.2, 0.25) is 5.95 Å². The zero-order valence-corrected chi connectivity index (χ0v) is 9.48. The molecule has 0 saturated heterocycles. The van der Waals surface area contributed by atoms with Crippen molar-refractivity contribution in [2.24, 2.45) is 0 Å². The topological polar surface area (TPSA) is 80.9 Å². The maximum absolute atomic E-state index is 11.8. The third-order valence-electron chi connectivity index (χ3n) is 2.03. The molecule has 0 aliphatic heterocycles. The van der Waals surface area contributed by atoms with Gasteiger partial charge in [0.05, 0.1) is 10.6 Å². The van der Waals surface area contributed by atoms with Crippen LogP contribution < -0.4 is 11.1 Å². The zero-order chi connectivity index (χ0) is 12.3. The van der Waals surface area contributed by atoms with Gasteiger partial charge >= 0.3 is 0 Å². The van der Waals surface area contributed by atoms with E-state index in [1.54, 1.807) is 18.2 Å². The number of hydrogen-bond acceptors (Lipinski definition) is 4. The van der Waals surface area contributed by atoms with Crippen LogP contribution in [0.5, 0.6) is 0 Å². The van der Waals surface area contributed by atoms with E-state index in [-0.39, 0.29) is 11.9 Å². The van der Waals surface area contributed by atoms with Gasteiger partial charge in [-0.25, -0.2) is 9.97 Å². The van der Waals surface area contributed by atoms with Gasteiger partial charge < -0.3 is 5.73 Å². The molecule has 0 spiro atoms. The molecule has 1 heterocycles. The van der Waals surface area contributed by atoms with Gasteiger partial charge in [-0.15, -0.1) is 0 Å². The third-order valence-corrected chi connectivity index (χ3v) is 2.34. The van der Waals surface area contributed by atoms with Crippen LogP contribution in [0.25, 0.3) is 0 Å². The molecule has 0 saturated carbocycles. The second-order valence-corrected chi connectivity index (χ2v) is 3.67. The summed E-state index contributed by atoms with van der Waals surface area (Å²) in [6.45, 7) is 0. The van der Waals surface area contributed by atoms with Crippen LogP contribution in [0.4, 0.5) is 11.6 Å². The normalized spacial score (nSPS) is 9.94. The molecular formula is C11H9ClN4O. The van der Waals surface area contributed by atoms with Crippen LogP contribution in [-0.2, 0) is 0 Å². The summed E-state index contributed by atoms with van der Waals surface area (Å²) in [5, 5.41) is 2.82. The number of rotatable bonds is 2. The fourth-order valence-electron chi connectivity index (χ4n) is 1.25. The van der Waals surface area contributed by atoms with Crippen LogP contribution in [0.15, 0.2) is 36.7 Å². The second kappa shape index (κ2) is 4.80. The van der Waals surface area contributed by atoms with Crippen molar-refractivity contribution in [3.63, 3.8) is 0 Å². The Bertz CT molecular complexity index is 544. The highest BCUT2D eigenvalue weighted by molar-refractivity contribution is 6.34. The summed E-state index contributed by atoms with van der Waals surface area (Å²) in [6.07, 6.45) is 3.07. The molecule has 3 N–H and O–H groups in total. The van der Waals surface area contributed by atoms with Gasteiger partial charge in [-0.1, -0.05) is 11.6 Å². The molecule has 2 aromatic rings. The molecular weight excluding hydrogens is 240 g/mol. The molecule has 5 nitrogen and oxygen atoms in total. The smallest absolute Gasteiger partial charge is 0.259 e. The Kier molecular flexibility index (Phi) is 3.20. The number of halogens is 1. The van der Waals surface area contributed by atoms with Gasteiger partial charge in [-0.3, -0.25) is 10.1 Å². The first-order chi connectivity index (χ1) is 8.16. The van der Waals surface area contributed by atoms with Crippen molar-refractivity contribution in [3.05, 3.63) is 47.2 Å². The van der Waals surface area contributed by atoms with Crippen LogP contribution >= 0.6 is 11.6 Å². The Hall–Kier alpha value is -2.14. The molecule has 1 amide bonds. The lowest BCUT2D eigenvalue weighted by Crippen LogP contribution is -2.14. The quantitative estimate of drug-likeness (QED) is 0.796. The van der Waals surface area contributed by atoms with Gasteiger partial charge in [-0.05, 0) is 24.3 Å². The van der Waals surface area contributed by atoms with Crippen LogP contribution in [0.3, 0.4) is 0 Å². The molecule has 1 aromatic heterocycles. The van der Waals surface area contributed by atoms with Crippen molar-refractivity contribution < 1.29 is 4.79 Å². The van der Waals surface area contributed by atoms with E-state index in [2.05, 4.69) is 15.3 Å². The molecule has 0 aliphatic carbocycles. The van der Waals surface area contributed by atoms with Crippen molar-refractivity contribution in [2.45, 2.75) is 0 Å². The summed E-state index contributed by atoms with van der Waals surface area (Å²) in [5.74, 6) is -0.147. The minimum absolute atomic E-state index is 0.227. The first kappa shape index (κ1) is 11.3. The van der Waals surface area contributed by atoms with Crippen LogP contribution in [0.2, 0.25) is 5.02 Å². The maximum atomic E-state index is 11.8. The van der Waals surface area contributed by atoms with E-state index < -0.39 is 0 Å². The molecule has 1 aromatic carbocycles. The average molecular weight is 249 g/mol. The molecule has 0 bridgehead atoms. The summed E-state index contributed by atoms with van der Waals surface area (Å²) >= 11 is 5.91. The lowest BCUT2D eigenvalue weighted by molar-refractivity contribution is 0.102. The molecule has 86 valence electrons. The SMILES string of the molecule is Nc1ccc(C(=O)Nc2ncccn2)c(Cl)c1. The highest BCUT2D eigenvalue weighted by Gasteiger charge is 2.11. The maximum Gasteiger partial charge on any atom is 0.259 e. The van der Waals surface area contributed by atoms with Gasteiger partial charge in [-0.2, -0.15) is 0 Å². The Morgan fingerprint density at radius 3 is 2.65 bits per heavy atom. The van der Waals surface area contributed by atoms with Crippen molar-refractivity contribution in [3.8, 4) is 0 Å². The summed E-state index contributed by atoms with van der Waals surface area (Å²) < 4.78 is 0. The van der Waals surface area contributed by atoms with Crippen molar-refractivity contribution in [2.75, 3.05) is 11.1 Å². The zero-order valence-electron chi connectivity index (χ0n) is 8.72. The Morgan fingerprint density at radius 2 is 2.00 bits per heavy atom. The highest BCUT2D eigenvalue weighted by atomic mass is 35.5. The van der Waals surface area contributed by atoms with Gasteiger partial charge in [0.1, 0.15) is 0 Å². The minimum Gasteiger partial charge on any atom is -0.399 e. The number of nitrogens with two attached hydrogens (primary N) is 1. The van der Waals surface area contributed by atoms with Crippen LogP contribution in [0.1, 0.15) is 10.4 Å². The van der Waals surface area contributed by atoms with Gasteiger partial charge in [0, 0.05) is 18.1 Å². The third kappa shape index (κ3) is 2.70. The largest absolute Gasteiger partial charge is 0.399 e. The first-order valence-electron chi connectivity index (χ1n) is 4.80.